The summed E-state index contributed by atoms with van der Waals surface area (Å²) in [5.41, 5.74) is -1.10. The molecule has 1 atom stereocenters. The van der Waals surface area contributed by atoms with Gasteiger partial charge in [0.15, 0.2) is 0 Å². The van der Waals surface area contributed by atoms with Gasteiger partial charge in [-0.1, -0.05) is 77.0 Å². The van der Waals surface area contributed by atoms with Crippen LogP contribution in [0.1, 0.15) is 157 Å². The molecule has 0 radical (unpaired) electrons. The summed E-state index contributed by atoms with van der Waals surface area (Å²) in [4.78, 5) is 47.3. The number of rotatable bonds is 22. The van der Waals surface area contributed by atoms with Crippen molar-refractivity contribution in [3.63, 3.8) is 0 Å². The second-order valence-electron chi connectivity index (χ2n) is 12.6. The van der Waals surface area contributed by atoms with Gasteiger partial charge < -0.3 is 14.6 Å². The molecule has 0 aromatic rings. The van der Waals surface area contributed by atoms with Crippen molar-refractivity contribution in [2.45, 2.75) is 168 Å². The van der Waals surface area contributed by atoms with Crippen LogP contribution in [0.4, 0.5) is 0 Å². The van der Waals surface area contributed by atoms with Crippen LogP contribution in [0.25, 0.3) is 0 Å². The number of hydrogen-bond acceptors (Lipinski definition) is 6. The fourth-order valence-electron chi connectivity index (χ4n) is 4.32. The van der Waals surface area contributed by atoms with Crippen LogP contribution in [-0.2, 0) is 28.7 Å². The van der Waals surface area contributed by atoms with Crippen LogP contribution in [0.15, 0.2) is 0 Å². The minimum absolute atomic E-state index is 0.0622. The first kappa shape index (κ1) is 36.1. The Balaban J connectivity index is 3.65. The van der Waals surface area contributed by atoms with E-state index in [2.05, 4.69) is 0 Å². The molecule has 0 aliphatic rings. The van der Waals surface area contributed by atoms with Gasteiger partial charge in [0.05, 0.1) is 12.3 Å². The minimum Gasteiger partial charge on any atom is -0.481 e. The van der Waals surface area contributed by atoms with Crippen molar-refractivity contribution in [1.29, 1.82) is 0 Å². The lowest BCUT2D eigenvalue weighted by molar-refractivity contribution is -0.164. The Morgan fingerprint density at radius 1 is 0.553 bits per heavy atom. The van der Waals surface area contributed by atoms with E-state index in [1.807, 2.05) is 20.8 Å². The second-order valence-corrected chi connectivity index (χ2v) is 12.6. The van der Waals surface area contributed by atoms with E-state index in [1.54, 1.807) is 20.8 Å². The van der Waals surface area contributed by atoms with E-state index in [4.69, 9.17) is 14.6 Å². The maximum atomic E-state index is 12.3. The zero-order valence-corrected chi connectivity index (χ0v) is 25.2. The highest BCUT2D eigenvalue weighted by molar-refractivity contribution is 5.87. The zero-order valence-electron chi connectivity index (χ0n) is 25.2. The topological polar surface area (TPSA) is 107 Å². The van der Waals surface area contributed by atoms with Crippen LogP contribution >= 0.6 is 0 Å². The molecule has 7 nitrogen and oxygen atoms in total. The minimum atomic E-state index is -1.10. The van der Waals surface area contributed by atoms with Crippen LogP contribution in [0.3, 0.4) is 0 Å². The summed E-state index contributed by atoms with van der Waals surface area (Å²) in [7, 11) is 0. The predicted molar refractivity (Wildman–Crippen MR) is 151 cm³/mol. The summed E-state index contributed by atoms with van der Waals surface area (Å²) in [6.07, 6.45) is 16.5. The Labute approximate surface area is 231 Å². The fraction of sp³-hybridized carbons (Fsp3) is 0.871. The first-order chi connectivity index (χ1) is 17.7. The van der Waals surface area contributed by atoms with Gasteiger partial charge in [-0.05, 0) is 54.4 Å². The van der Waals surface area contributed by atoms with E-state index in [0.717, 1.165) is 32.1 Å². The standard InChI is InChI=1S/C31H56O7/c1-30(2,3)37-28(35)22-20-18-16-14-12-10-8-7-9-11-13-15-17-19-21-26(32)23-25(24-27(33)34)29(36)38-31(4,5)6/h25H,7-24H2,1-6H3,(H,33,34)/t25-/m0/s1. The van der Waals surface area contributed by atoms with Crippen LogP contribution in [0.5, 0.6) is 0 Å². The number of aliphatic carboxylic acids is 1. The summed E-state index contributed by atoms with van der Waals surface area (Å²) in [6, 6.07) is 0. The largest absolute Gasteiger partial charge is 0.481 e. The number of Topliss-reactive ketones (excluding diaryl/α,β-unsaturated/α-hetero) is 1. The monoisotopic (exact) mass is 540 g/mol. The van der Waals surface area contributed by atoms with Crippen molar-refractivity contribution in [3.8, 4) is 0 Å². The summed E-state index contributed by atoms with van der Waals surface area (Å²) >= 11 is 0. The summed E-state index contributed by atoms with van der Waals surface area (Å²) in [5.74, 6) is -2.77. The predicted octanol–water partition coefficient (Wildman–Crippen LogP) is 7.96. The molecule has 0 amide bonds. The number of hydrogen-bond donors (Lipinski definition) is 1. The highest BCUT2D eigenvalue weighted by atomic mass is 16.6. The summed E-state index contributed by atoms with van der Waals surface area (Å²) in [6.45, 7) is 10.9. The molecular formula is C31H56O7. The number of ketones is 1. The lowest BCUT2D eigenvalue weighted by atomic mass is 9.95. The van der Waals surface area contributed by atoms with Crippen LogP contribution in [0.2, 0.25) is 0 Å². The van der Waals surface area contributed by atoms with E-state index in [0.29, 0.717) is 12.8 Å². The Morgan fingerprint density at radius 2 is 0.921 bits per heavy atom. The summed E-state index contributed by atoms with van der Waals surface area (Å²) in [5, 5.41) is 9.07. The van der Waals surface area contributed by atoms with E-state index in [1.165, 1.54) is 57.8 Å². The first-order valence-electron chi connectivity index (χ1n) is 14.9. The molecule has 0 fully saturated rings. The van der Waals surface area contributed by atoms with E-state index >= 15 is 0 Å². The second kappa shape index (κ2) is 20.0. The average molecular weight is 541 g/mol. The molecule has 0 saturated carbocycles. The molecule has 222 valence electrons. The Hall–Kier alpha value is -1.92. The number of carboxylic acids is 1. The van der Waals surface area contributed by atoms with Gasteiger partial charge in [-0.15, -0.1) is 0 Å². The molecule has 0 heterocycles. The van der Waals surface area contributed by atoms with Gasteiger partial charge in [0, 0.05) is 19.3 Å². The van der Waals surface area contributed by atoms with Crippen LogP contribution < -0.4 is 0 Å². The molecule has 1 N–H and O–H groups in total. The van der Waals surface area contributed by atoms with E-state index < -0.39 is 23.5 Å². The molecule has 0 rings (SSSR count). The lowest BCUT2D eigenvalue weighted by Gasteiger charge is -2.23. The highest BCUT2D eigenvalue weighted by Crippen LogP contribution is 2.19. The van der Waals surface area contributed by atoms with Crippen molar-refractivity contribution >= 4 is 23.7 Å². The first-order valence-corrected chi connectivity index (χ1v) is 14.9. The van der Waals surface area contributed by atoms with Crippen molar-refractivity contribution in [2.75, 3.05) is 0 Å². The molecular weight excluding hydrogens is 484 g/mol. The molecule has 0 aliphatic carbocycles. The zero-order chi connectivity index (χ0) is 29.0. The molecule has 38 heavy (non-hydrogen) atoms. The van der Waals surface area contributed by atoms with Gasteiger partial charge in [-0.3, -0.25) is 19.2 Å². The third-order valence-corrected chi connectivity index (χ3v) is 6.14. The summed E-state index contributed by atoms with van der Waals surface area (Å²) < 4.78 is 10.6. The smallest absolute Gasteiger partial charge is 0.310 e. The highest BCUT2D eigenvalue weighted by Gasteiger charge is 2.29. The number of carbonyl (C=O) groups excluding carboxylic acids is 3. The maximum Gasteiger partial charge on any atom is 0.310 e. The lowest BCUT2D eigenvalue weighted by Crippen LogP contribution is -2.31. The van der Waals surface area contributed by atoms with Crippen molar-refractivity contribution < 1.29 is 33.8 Å². The number of unbranched alkanes of at least 4 members (excludes halogenated alkanes) is 13. The van der Waals surface area contributed by atoms with Gasteiger partial charge in [-0.2, -0.15) is 0 Å². The third kappa shape index (κ3) is 24.4. The maximum absolute atomic E-state index is 12.3. The average Bonchev–Trinajstić information content (AvgIpc) is 2.75. The van der Waals surface area contributed by atoms with E-state index in [9.17, 15) is 19.2 Å². The molecule has 0 aliphatic heterocycles. The molecule has 0 spiro atoms. The van der Waals surface area contributed by atoms with Crippen molar-refractivity contribution in [2.24, 2.45) is 5.92 Å². The number of carboxylic acid groups (broad SMARTS) is 1. The fourth-order valence-corrected chi connectivity index (χ4v) is 4.32. The van der Waals surface area contributed by atoms with Crippen molar-refractivity contribution in [3.05, 3.63) is 0 Å². The molecule has 0 saturated heterocycles. The van der Waals surface area contributed by atoms with Crippen LogP contribution in [-0.4, -0.2) is 40.0 Å². The van der Waals surface area contributed by atoms with Gasteiger partial charge >= 0.3 is 17.9 Å². The Bertz CT molecular complexity index is 685. The van der Waals surface area contributed by atoms with Gasteiger partial charge in [0.1, 0.15) is 17.0 Å². The number of carbonyl (C=O) groups is 4. The molecule has 0 aromatic carbocycles. The molecule has 7 heteroatoms. The quantitative estimate of drug-likeness (QED) is 0.110. The van der Waals surface area contributed by atoms with Crippen LogP contribution in [0, 0.1) is 5.92 Å². The van der Waals surface area contributed by atoms with Gasteiger partial charge in [0.25, 0.3) is 0 Å². The number of ether oxygens (including phenoxy) is 2. The number of esters is 2. The van der Waals surface area contributed by atoms with Crippen molar-refractivity contribution in [1.82, 2.24) is 0 Å². The molecule has 0 unspecified atom stereocenters. The SMILES string of the molecule is CC(C)(C)OC(=O)CCCCCCCCCCCCCCCCC(=O)C[C@@H](CC(=O)O)C(=O)OC(C)(C)C. The van der Waals surface area contributed by atoms with E-state index in [-0.39, 0.29) is 30.2 Å². The van der Waals surface area contributed by atoms with Gasteiger partial charge in [-0.25, -0.2) is 0 Å². The van der Waals surface area contributed by atoms with Gasteiger partial charge in [0.2, 0.25) is 0 Å². The normalized spacial score (nSPS) is 12.7. The third-order valence-electron chi connectivity index (χ3n) is 6.14. The molecule has 0 bridgehead atoms. The molecule has 0 aromatic heterocycles. The Morgan fingerprint density at radius 3 is 1.29 bits per heavy atom. The Kier molecular flexibility index (Phi) is 19.0.